The molecule has 110 valence electrons. The second-order valence-corrected chi connectivity index (χ2v) is 7.16. The number of hydrogen-bond acceptors (Lipinski definition) is 4. The maximum Gasteiger partial charge on any atom is 0.228 e. The fourth-order valence-electron chi connectivity index (χ4n) is 2.51. The molecule has 2 rings (SSSR count). The van der Waals surface area contributed by atoms with Crippen molar-refractivity contribution in [2.24, 2.45) is 5.92 Å². The second-order valence-electron chi connectivity index (χ2n) is 5.18. The molecule has 0 aromatic carbocycles. The van der Waals surface area contributed by atoms with Crippen LogP contribution < -0.4 is 0 Å². The number of amides is 1. The highest BCUT2D eigenvalue weighted by Crippen LogP contribution is 2.35. The van der Waals surface area contributed by atoms with Gasteiger partial charge < -0.3 is 9.64 Å². The van der Waals surface area contributed by atoms with Crippen molar-refractivity contribution in [3.63, 3.8) is 0 Å². The lowest BCUT2D eigenvalue weighted by Crippen LogP contribution is -2.38. The van der Waals surface area contributed by atoms with Crippen molar-refractivity contribution in [3.05, 3.63) is 0 Å². The van der Waals surface area contributed by atoms with Crippen LogP contribution in [0.25, 0.3) is 0 Å². The summed E-state index contributed by atoms with van der Waals surface area (Å²) in [5.41, 5.74) is 0. The summed E-state index contributed by atoms with van der Waals surface area (Å²) < 4.78 is 29.9. The van der Waals surface area contributed by atoms with E-state index in [1.165, 1.54) is 10.6 Å². The van der Waals surface area contributed by atoms with Crippen molar-refractivity contribution in [2.45, 2.75) is 25.9 Å². The first-order valence-corrected chi connectivity index (χ1v) is 8.64. The highest BCUT2D eigenvalue weighted by atomic mass is 32.2. The van der Waals surface area contributed by atoms with Crippen LogP contribution in [-0.2, 0) is 19.6 Å². The summed E-state index contributed by atoms with van der Waals surface area (Å²) in [6.45, 7) is 4.59. The molecule has 2 aliphatic rings. The van der Waals surface area contributed by atoms with Crippen LogP contribution in [0, 0.1) is 5.92 Å². The largest absolute Gasteiger partial charge is 0.378 e. The smallest absolute Gasteiger partial charge is 0.228 e. The summed E-state index contributed by atoms with van der Waals surface area (Å²) in [6, 6.07) is 0. The highest BCUT2D eigenvalue weighted by molar-refractivity contribution is 7.88. The molecule has 0 aromatic rings. The lowest BCUT2D eigenvalue weighted by Gasteiger charge is -2.21. The van der Waals surface area contributed by atoms with E-state index >= 15 is 0 Å². The minimum Gasteiger partial charge on any atom is -0.378 e. The van der Waals surface area contributed by atoms with Gasteiger partial charge in [-0.05, 0) is 19.8 Å². The van der Waals surface area contributed by atoms with E-state index in [0.717, 1.165) is 6.42 Å². The standard InChI is InChI=1S/C12H22N2O4S/c1-3-18-11-9-10(11)12(15)13-5-4-6-14(8-7-13)19(2,16)17/h10-11H,3-9H2,1-2H3. The van der Waals surface area contributed by atoms with Crippen LogP contribution >= 0.6 is 0 Å². The van der Waals surface area contributed by atoms with Crippen molar-refractivity contribution in [1.29, 1.82) is 0 Å². The molecular formula is C12H22N2O4S. The van der Waals surface area contributed by atoms with Gasteiger partial charge in [0.15, 0.2) is 0 Å². The van der Waals surface area contributed by atoms with E-state index in [-0.39, 0.29) is 17.9 Å². The minimum atomic E-state index is -3.15. The molecule has 2 fully saturated rings. The monoisotopic (exact) mass is 290 g/mol. The summed E-state index contributed by atoms with van der Waals surface area (Å²) in [7, 11) is -3.15. The first-order valence-electron chi connectivity index (χ1n) is 6.79. The zero-order valence-corrected chi connectivity index (χ0v) is 12.4. The van der Waals surface area contributed by atoms with Crippen molar-refractivity contribution in [1.82, 2.24) is 9.21 Å². The quantitative estimate of drug-likeness (QED) is 0.725. The van der Waals surface area contributed by atoms with Crippen molar-refractivity contribution in [2.75, 3.05) is 39.0 Å². The van der Waals surface area contributed by atoms with Crippen molar-refractivity contribution < 1.29 is 17.9 Å². The molecule has 0 spiro atoms. The van der Waals surface area contributed by atoms with Gasteiger partial charge in [-0.3, -0.25) is 4.79 Å². The van der Waals surface area contributed by atoms with E-state index in [0.29, 0.717) is 39.2 Å². The van der Waals surface area contributed by atoms with Gasteiger partial charge in [0.2, 0.25) is 15.9 Å². The van der Waals surface area contributed by atoms with Gasteiger partial charge in [0.25, 0.3) is 0 Å². The molecule has 6 nitrogen and oxygen atoms in total. The van der Waals surface area contributed by atoms with Gasteiger partial charge in [-0.25, -0.2) is 12.7 Å². The molecule has 0 bridgehead atoms. The Morgan fingerprint density at radius 1 is 1.26 bits per heavy atom. The molecule has 1 aliphatic carbocycles. The Hall–Kier alpha value is -0.660. The molecule has 0 N–H and O–H groups in total. The Labute approximate surface area is 114 Å². The van der Waals surface area contributed by atoms with E-state index in [2.05, 4.69) is 0 Å². The number of nitrogens with zero attached hydrogens (tertiary/aromatic N) is 2. The average molecular weight is 290 g/mol. The highest BCUT2D eigenvalue weighted by Gasteiger charge is 2.46. The topological polar surface area (TPSA) is 66.9 Å². The fraction of sp³-hybridized carbons (Fsp3) is 0.917. The van der Waals surface area contributed by atoms with Gasteiger partial charge in [-0.2, -0.15) is 0 Å². The minimum absolute atomic E-state index is 0.00951. The second kappa shape index (κ2) is 5.76. The number of hydrogen-bond donors (Lipinski definition) is 0. The maximum atomic E-state index is 12.2. The third-order valence-corrected chi connectivity index (χ3v) is 4.97. The molecule has 1 saturated carbocycles. The van der Waals surface area contributed by atoms with Crippen LogP contribution in [0.4, 0.5) is 0 Å². The van der Waals surface area contributed by atoms with Crippen LogP contribution in [-0.4, -0.2) is 68.7 Å². The van der Waals surface area contributed by atoms with E-state index in [4.69, 9.17) is 4.74 Å². The van der Waals surface area contributed by atoms with Gasteiger partial charge in [0.1, 0.15) is 0 Å². The zero-order valence-electron chi connectivity index (χ0n) is 11.5. The Morgan fingerprint density at radius 2 is 2.00 bits per heavy atom. The third-order valence-electron chi connectivity index (χ3n) is 3.67. The molecule has 1 saturated heterocycles. The molecule has 1 amide bonds. The molecule has 0 aromatic heterocycles. The fourth-order valence-corrected chi connectivity index (χ4v) is 3.38. The molecule has 7 heteroatoms. The summed E-state index contributed by atoms with van der Waals surface area (Å²) in [4.78, 5) is 14.0. The number of carbonyl (C=O) groups is 1. The number of sulfonamides is 1. The number of ether oxygens (including phenoxy) is 1. The first kappa shape index (κ1) is 14.7. The first-order chi connectivity index (χ1) is 8.93. The summed E-state index contributed by atoms with van der Waals surface area (Å²) in [5.74, 6) is 0.110. The van der Waals surface area contributed by atoms with E-state index in [9.17, 15) is 13.2 Å². The van der Waals surface area contributed by atoms with Crippen LogP contribution in [0.3, 0.4) is 0 Å². The lowest BCUT2D eigenvalue weighted by molar-refractivity contribution is -0.133. The van der Waals surface area contributed by atoms with Crippen LogP contribution in [0.15, 0.2) is 0 Å². The van der Waals surface area contributed by atoms with Gasteiger partial charge >= 0.3 is 0 Å². The normalized spacial score (nSPS) is 29.1. The zero-order chi connectivity index (χ0) is 14.0. The molecule has 0 radical (unpaired) electrons. The Morgan fingerprint density at radius 3 is 2.63 bits per heavy atom. The molecule has 1 heterocycles. The SMILES string of the molecule is CCOC1CC1C(=O)N1CCCN(S(C)(=O)=O)CC1. The lowest BCUT2D eigenvalue weighted by atomic mass is 10.3. The average Bonchev–Trinajstić information content (AvgIpc) is 3.09. The van der Waals surface area contributed by atoms with Crippen LogP contribution in [0.2, 0.25) is 0 Å². The Balaban J connectivity index is 1.88. The van der Waals surface area contributed by atoms with E-state index in [1.54, 1.807) is 4.90 Å². The summed E-state index contributed by atoms with van der Waals surface area (Å²) >= 11 is 0. The third kappa shape index (κ3) is 3.67. The van der Waals surface area contributed by atoms with E-state index in [1.807, 2.05) is 6.92 Å². The number of carbonyl (C=O) groups excluding carboxylic acids is 1. The predicted octanol–water partition coefficient (Wildman–Crippen LogP) is -0.0947. The Kier molecular flexibility index (Phi) is 4.47. The van der Waals surface area contributed by atoms with Crippen molar-refractivity contribution in [3.8, 4) is 0 Å². The molecule has 19 heavy (non-hydrogen) atoms. The molecular weight excluding hydrogens is 268 g/mol. The molecule has 2 atom stereocenters. The predicted molar refractivity (Wildman–Crippen MR) is 71.1 cm³/mol. The maximum absolute atomic E-state index is 12.2. The van der Waals surface area contributed by atoms with E-state index < -0.39 is 10.0 Å². The molecule has 1 aliphatic heterocycles. The van der Waals surface area contributed by atoms with Gasteiger partial charge in [-0.1, -0.05) is 0 Å². The van der Waals surface area contributed by atoms with Gasteiger partial charge in [0, 0.05) is 32.8 Å². The summed E-state index contributed by atoms with van der Waals surface area (Å²) in [5, 5.41) is 0. The van der Waals surface area contributed by atoms with Crippen molar-refractivity contribution >= 4 is 15.9 Å². The van der Waals surface area contributed by atoms with Gasteiger partial charge in [-0.15, -0.1) is 0 Å². The van der Waals surface area contributed by atoms with Gasteiger partial charge in [0.05, 0.1) is 18.3 Å². The Bertz CT molecular complexity index is 437. The number of rotatable bonds is 4. The summed E-state index contributed by atoms with van der Waals surface area (Å²) in [6.07, 6.45) is 2.80. The van der Waals surface area contributed by atoms with Crippen LogP contribution in [0.1, 0.15) is 19.8 Å². The van der Waals surface area contributed by atoms with Crippen LogP contribution in [0.5, 0.6) is 0 Å². The molecule has 2 unspecified atom stereocenters.